The molecule has 29 heavy (non-hydrogen) atoms. The van der Waals surface area contributed by atoms with Crippen molar-refractivity contribution in [1.29, 1.82) is 0 Å². The lowest BCUT2D eigenvalue weighted by Crippen LogP contribution is -2.37. The summed E-state index contributed by atoms with van der Waals surface area (Å²) in [7, 11) is 3.18. The number of nitrogens with zero attached hydrogens (tertiary/aromatic N) is 2. The fraction of sp³-hybridized carbons (Fsp3) is 0.286. The number of methoxy groups -OCH3 is 2. The van der Waals surface area contributed by atoms with E-state index >= 15 is 0 Å². The van der Waals surface area contributed by atoms with Crippen LogP contribution in [0.4, 0.5) is 0 Å². The number of carbonyl (C=O) groups excluding carboxylic acids is 1. The Hall–Kier alpha value is -3.55. The van der Waals surface area contributed by atoms with E-state index in [1.807, 2.05) is 37.3 Å². The molecule has 0 fully saturated rings. The maximum Gasteiger partial charge on any atom is 0.261 e. The Morgan fingerprint density at radius 1 is 1.07 bits per heavy atom. The van der Waals surface area contributed by atoms with Gasteiger partial charge in [0.1, 0.15) is 17.2 Å². The van der Waals surface area contributed by atoms with Gasteiger partial charge in [0, 0.05) is 11.6 Å². The Kier molecular flexibility index (Phi) is 6.67. The molecule has 1 aromatic heterocycles. The minimum absolute atomic E-state index is 0.111. The van der Waals surface area contributed by atoms with Crippen molar-refractivity contribution >= 4 is 5.91 Å². The van der Waals surface area contributed by atoms with Gasteiger partial charge in [-0.15, -0.1) is 0 Å². The molecule has 0 saturated carbocycles. The zero-order valence-corrected chi connectivity index (χ0v) is 16.5. The molecule has 3 aromatic rings. The van der Waals surface area contributed by atoms with Crippen LogP contribution in [0.1, 0.15) is 19.2 Å². The quantitative estimate of drug-likeness (QED) is 0.592. The zero-order valence-electron chi connectivity index (χ0n) is 16.5. The molecule has 0 spiro atoms. The van der Waals surface area contributed by atoms with Crippen molar-refractivity contribution in [3.05, 3.63) is 54.4 Å². The number of nitrogens with one attached hydrogen (secondary N) is 1. The molecule has 0 unspecified atom stereocenters. The number of hydrogen-bond acceptors (Lipinski definition) is 7. The van der Waals surface area contributed by atoms with Crippen LogP contribution in [0.2, 0.25) is 0 Å². The van der Waals surface area contributed by atoms with E-state index in [0.29, 0.717) is 29.6 Å². The van der Waals surface area contributed by atoms with Crippen molar-refractivity contribution in [2.24, 2.45) is 0 Å². The van der Waals surface area contributed by atoms with E-state index in [9.17, 15) is 4.79 Å². The van der Waals surface area contributed by atoms with Crippen molar-refractivity contribution in [3.63, 3.8) is 0 Å². The van der Waals surface area contributed by atoms with E-state index in [4.69, 9.17) is 18.7 Å². The van der Waals surface area contributed by atoms with E-state index in [-0.39, 0.29) is 12.5 Å². The summed E-state index contributed by atoms with van der Waals surface area (Å²) in [6.07, 6.45) is -0.143. The van der Waals surface area contributed by atoms with Gasteiger partial charge in [-0.05, 0) is 42.8 Å². The van der Waals surface area contributed by atoms with E-state index in [0.717, 1.165) is 11.3 Å². The highest BCUT2D eigenvalue weighted by Gasteiger charge is 2.19. The fourth-order valence-corrected chi connectivity index (χ4v) is 2.62. The summed E-state index contributed by atoms with van der Waals surface area (Å²) in [5.74, 6) is 2.45. The minimum Gasteiger partial charge on any atom is -0.497 e. The van der Waals surface area contributed by atoms with Gasteiger partial charge in [-0.3, -0.25) is 4.79 Å². The Bertz CT molecular complexity index is 939. The summed E-state index contributed by atoms with van der Waals surface area (Å²) in [6, 6.07) is 14.4. The lowest BCUT2D eigenvalue weighted by molar-refractivity contribution is -0.128. The van der Waals surface area contributed by atoms with Crippen molar-refractivity contribution in [2.45, 2.75) is 26.0 Å². The average molecular weight is 397 g/mol. The van der Waals surface area contributed by atoms with Crippen LogP contribution in [0.3, 0.4) is 0 Å². The molecule has 3 rings (SSSR count). The van der Waals surface area contributed by atoms with Gasteiger partial charge in [0.25, 0.3) is 5.91 Å². The van der Waals surface area contributed by atoms with Crippen molar-refractivity contribution < 1.29 is 23.5 Å². The van der Waals surface area contributed by atoms with Gasteiger partial charge in [-0.2, -0.15) is 4.98 Å². The van der Waals surface area contributed by atoms with Gasteiger partial charge in [0.05, 0.1) is 20.8 Å². The Morgan fingerprint density at radius 3 is 2.48 bits per heavy atom. The van der Waals surface area contributed by atoms with Crippen molar-refractivity contribution in [3.8, 4) is 28.6 Å². The number of ether oxygens (including phenoxy) is 3. The number of amides is 1. The predicted molar refractivity (Wildman–Crippen MR) is 106 cm³/mol. The second kappa shape index (κ2) is 9.59. The molecule has 1 heterocycles. The van der Waals surface area contributed by atoms with Crippen molar-refractivity contribution in [1.82, 2.24) is 15.5 Å². The smallest absolute Gasteiger partial charge is 0.261 e. The van der Waals surface area contributed by atoms with Gasteiger partial charge in [0.15, 0.2) is 6.10 Å². The topological polar surface area (TPSA) is 95.7 Å². The van der Waals surface area contributed by atoms with Crippen molar-refractivity contribution in [2.75, 3.05) is 14.2 Å². The van der Waals surface area contributed by atoms with Crippen LogP contribution in [0.15, 0.2) is 53.1 Å². The van der Waals surface area contributed by atoms with E-state index in [1.54, 1.807) is 32.4 Å². The lowest BCUT2D eigenvalue weighted by atomic mass is 10.2. The molecule has 1 N–H and O–H groups in total. The summed E-state index contributed by atoms with van der Waals surface area (Å²) in [5, 5.41) is 6.72. The summed E-state index contributed by atoms with van der Waals surface area (Å²) in [4.78, 5) is 16.8. The zero-order chi connectivity index (χ0) is 20.6. The third-order valence-corrected chi connectivity index (χ3v) is 4.21. The molecule has 8 heteroatoms. The highest BCUT2D eigenvalue weighted by atomic mass is 16.5. The molecule has 1 atom stereocenters. The first-order valence-corrected chi connectivity index (χ1v) is 9.18. The Balaban J connectivity index is 1.58. The molecule has 8 nitrogen and oxygen atoms in total. The normalized spacial score (nSPS) is 11.6. The first kappa shape index (κ1) is 20.2. The van der Waals surface area contributed by atoms with Gasteiger partial charge < -0.3 is 24.1 Å². The fourth-order valence-electron chi connectivity index (χ4n) is 2.62. The maximum atomic E-state index is 12.5. The molecule has 152 valence electrons. The number of benzene rings is 2. The lowest BCUT2D eigenvalue weighted by Gasteiger charge is -2.17. The minimum atomic E-state index is -0.647. The Morgan fingerprint density at radius 2 is 1.79 bits per heavy atom. The van der Waals surface area contributed by atoms with Gasteiger partial charge in [0.2, 0.25) is 11.7 Å². The van der Waals surface area contributed by atoms with Crippen LogP contribution in [0, 0.1) is 0 Å². The first-order valence-electron chi connectivity index (χ1n) is 9.18. The third-order valence-electron chi connectivity index (χ3n) is 4.21. The van der Waals surface area contributed by atoms with E-state index < -0.39 is 6.10 Å². The molecular weight excluding hydrogens is 374 g/mol. The molecule has 0 bridgehead atoms. The van der Waals surface area contributed by atoms with E-state index in [1.165, 1.54) is 0 Å². The number of aromatic nitrogens is 2. The molecule has 0 saturated heterocycles. The predicted octanol–water partition coefficient (Wildman–Crippen LogP) is 3.23. The van der Waals surface area contributed by atoms with Gasteiger partial charge >= 0.3 is 0 Å². The maximum absolute atomic E-state index is 12.5. The highest BCUT2D eigenvalue weighted by Crippen LogP contribution is 2.21. The molecular formula is C21H23N3O5. The van der Waals surface area contributed by atoms with Crippen LogP contribution in [0.5, 0.6) is 17.2 Å². The van der Waals surface area contributed by atoms with E-state index in [2.05, 4.69) is 15.5 Å². The average Bonchev–Trinajstić information content (AvgIpc) is 3.25. The molecule has 0 aliphatic rings. The second-order valence-electron chi connectivity index (χ2n) is 6.15. The highest BCUT2D eigenvalue weighted by molar-refractivity contribution is 5.81. The second-order valence-corrected chi connectivity index (χ2v) is 6.15. The summed E-state index contributed by atoms with van der Waals surface area (Å²) in [6.45, 7) is 1.98. The summed E-state index contributed by atoms with van der Waals surface area (Å²) in [5.41, 5.74) is 0.792. The summed E-state index contributed by atoms with van der Waals surface area (Å²) < 4.78 is 21.3. The van der Waals surface area contributed by atoms with Crippen LogP contribution in [0.25, 0.3) is 11.4 Å². The van der Waals surface area contributed by atoms with Gasteiger partial charge in [-0.25, -0.2) is 0 Å². The number of carbonyl (C=O) groups is 1. The number of rotatable bonds is 9. The number of hydrogen-bond donors (Lipinski definition) is 1. The Labute approximate surface area is 168 Å². The third kappa shape index (κ3) is 5.25. The molecule has 0 aliphatic heterocycles. The molecule has 1 amide bonds. The largest absolute Gasteiger partial charge is 0.497 e. The van der Waals surface area contributed by atoms with Crippen LogP contribution in [-0.4, -0.2) is 36.4 Å². The standard InChI is InChI=1S/C21H23N3O5/c1-4-18(28-17-7-5-6-16(12-17)27-3)21(25)22-13-19-23-20(24-29-19)14-8-10-15(26-2)11-9-14/h5-12,18H,4,13H2,1-3H3,(H,22,25)/t18-/m1/s1. The monoisotopic (exact) mass is 397 g/mol. The molecule has 2 aromatic carbocycles. The first-order chi connectivity index (χ1) is 14.1. The molecule has 0 aliphatic carbocycles. The molecule has 0 radical (unpaired) electrons. The van der Waals surface area contributed by atoms with Gasteiger partial charge in [-0.1, -0.05) is 18.1 Å². The SMILES string of the molecule is CC[C@@H](Oc1cccc(OC)c1)C(=O)NCc1nc(-c2ccc(OC)cc2)no1. The summed E-state index contributed by atoms with van der Waals surface area (Å²) >= 11 is 0. The van der Waals surface area contributed by atoms with Crippen LogP contribution >= 0.6 is 0 Å². The van der Waals surface area contributed by atoms with Crippen LogP contribution in [-0.2, 0) is 11.3 Å². The van der Waals surface area contributed by atoms with Crippen LogP contribution < -0.4 is 19.5 Å².